The molecule has 1 atom stereocenters. The van der Waals surface area contributed by atoms with E-state index in [1.165, 1.54) is 18.2 Å². The van der Waals surface area contributed by atoms with Crippen LogP contribution in [0.5, 0.6) is 0 Å². The molecule has 0 radical (unpaired) electrons. The van der Waals surface area contributed by atoms with Gasteiger partial charge in [-0.05, 0) is 12.5 Å². The van der Waals surface area contributed by atoms with Crippen molar-refractivity contribution in [3.8, 4) is 0 Å². The van der Waals surface area contributed by atoms with E-state index in [9.17, 15) is 14.9 Å². The van der Waals surface area contributed by atoms with Gasteiger partial charge in [0.25, 0.3) is 11.6 Å². The largest absolute Gasteiger partial charge is 0.394 e. The number of nitrogens with one attached hydrogen (secondary N) is 1. The third-order valence-electron chi connectivity index (χ3n) is 2.46. The molecular weight excluding hydrogens is 260 g/mol. The maximum absolute atomic E-state index is 11.9. The molecule has 98 valence electrons. The number of aliphatic hydroxyl groups is 1. The monoisotopic (exact) mass is 272 g/mol. The van der Waals surface area contributed by atoms with E-state index in [4.69, 9.17) is 16.7 Å². The Balaban J connectivity index is 3.08. The Bertz CT molecular complexity index is 460. The Morgan fingerprint density at radius 1 is 1.61 bits per heavy atom. The third kappa shape index (κ3) is 3.18. The van der Waals surface area contributed by atoms with Crippen LogP contribution in [0.25, 0.3) is 0 Å². The Hall–Kier alpha value is -1.66. The molecule has 1 rings (SSSR count). The molecule has 18 heavy (non-hydrogen) atoms. The highest BCUT2D eigenvalue weighted by Crippen LogP contribution is 2.26. The van der Waals surface area contributed by atoms with Crippen LogP contribution in [0.2, 0.25) is 5.02 Å². The number of amides is 1. The quantitative estimate of drug-likeness (QED) is 0.631. The second kappa shape index (κ2) is 6.32. The number of hydrogen-bond acceptors (Lipinski definition) is 4. The van der Waals surface area contributed by atoms with Crippen LogP contribution < -0.4 is 5.32 Å². The zero-order chi connectivity index (χ0) is 13.7. The van der Waals surface area contributed by atoms with Crippen molar-refractivity contribution in [2.45, 2.75) is 19.4 Å². The molecule has 0 aliphatic carbocycles. The highest BCUT2D eigenvalue weighted by molar-refractivity contribution is 6.34. The maximum Gasteiger partial charge on any atom is 0.283 e. The van der Waals surface area contributed by atoms with Gasteiger partial charge in [0.2, 0.25) is 0 Å². The Kier molecular flexibility index (Phi) is 5.06. The zero-order valence-corrected chi connectivity index (χ0v) is 10.5. The van der Waals surface area contributed by atoms with Gasteiger partial charge in [-0.25, -0.2) is 0 Å². The lowest BCUT2D eigenvalue weighted by atomic mass is 10.1. The minimum atomic E-state index is -0.666. The van der Waals surface area contributed by atoms with Gasteiger partial charge in [-0.2, -0.15) is 0 Å². The smallest absolute Gasteiger partial charge is 0.283 e. The van der Waals surface area contributed by atoms with Gasteiger partial charge < -0.3 is 10.4 Å². The summed E-state index contributed by atoms with van der Waals surface area (Å²) in [6.07, 6.45) is 0.514. The number of aliphatic hydroxyl groups excluding tert-OH is 1. The van der Waals surface area contributed by atoms with Crippen molar-refractivity contribution >= 4 is 23.2 Å². The number of nitro benzene ring substituents is 1. The predicted octanol–water partition coefficient (Wildman–Crippen LogP) is 1.75. The summed E-state index contributed by atoms with van der Waals surface area (Å²) in [5, 5.41) is 22.3. The van der Waals surface area contributed by atoms with Gasteiger partial charge in [-0.1, -0.05) is 24.6 Å². The first-order valence-corrected chi connectivity index (χ1v) is 5.73. The first kappa shape index (κ1) is 14.4. The molecule has 0 heterocycles. The summed E-state index contributed by atoms with van der Waals surface area (Å²) in [4.78, 5) is 22.1. The molecule has 6 nitrogen and oxygen atoms in total. The highest BCUT2D eigenvalue weighted by Gasteiger charge is 2.24. The van der Waals surface area contributed by atoms with E-state index in [0.29, 0.717) is 6.42 Å². The topological polar surface area (TPSA) is 92.5 Å². The van der Waals surface area contributed by atoms with Gasteiger partial charge in [0.1, 0.15) is 5.56 Å². The van der Waals surface area contributed by atoms with Crippen molar-refractivity contribution in [1.82, 2.24) is 5.32 Å². The van der Waals surface area contributed by atoms with E-state index in [1.54, 1.807) is 6.92 Å². The number of nitro groups is 1. The molecule has 0 aliphatic heterocycles. The van der Waals surface area contributed by atoms with E-state index < -0.39 is 16.9 Å². The summed E-state index contributed by atoms with van der Waals surface area (Å²) >= 11 is 5.81. The van der Waals surface area contributed by atoms with Gasteiger partial charge in [0.05, 0.1) is 22.6 Å². The average Bonchev–Trinajstić information content (AvgIpc) is 2.35. The Morgan fingerprint density at radius 3 is 2.78 bits per heavy atom. The van der Waals surface area contributed by atoms with Crippen LogP contribution >= 0.6 is 11.6 Å². The fourth-order valence-corrected chi connectivity index (χ4v) is 1.68. The minimum Gasteiger partial charge on any atom is -0.394 e. The summed E-state index contributed by atoms with van der Waals surface area (Å²) < 4.78 is 0. The van der Waals surface area contributed by atoms with Crippen LogP contribution in [-0.2, 0) is 0 Å². The van der Waals surface area contributed by atoms with Crippen LogP contribution in [0.15, 0.2) is 18.2 Å². The molecule has 1 amide bonds. The summed E-state index contributed by atoms with van der Waals surface area (Å²) in [6.45, 7) is 1.54. The van der Waals surface area contributed by atoms with Gasteiger partial charge in [0.15, 0.2) is 0 Å². The van der Waals surface area contributed by atoms with Crippen molar-refractivity contribution in [1.29, 1.82) is 0 Å². The van der Waals surface area contributed by atoms with Crippen molar-refractivity contribution in [3.63, 3.8) is 0 Å². The Labute approximate surface area is 109 Å². The van der Waals surface area contributed by atoms with Crippen LogP contribution in [0.3, 0.4) is 0 Å². The lowest BCUT2D eigenvalue weighted by Gasteiger charge is -2.14. The van der Waals surface area contributed by atoms with Crippen LogP contribution in [-0.4, -0.2) is 28.6 Å². The highest BCUT2D eigenvalue weighted by atomic mass is 35.5. The molecule has 1 aromatic carbocycles. The van der Waals surface area contributed by atoms with Crippen molar-refractivity contribution in [3.05, 3.63) is 38.9 Å². The SMILES string of the molecule is CC[C@@H](CO)NC(=O)c1c(Cl)cccc1[N+](=O)[O-]. The molecule has 7 heteroatoms. The average molecular weight is 273 g/mol. The van der Waals surface area contributed by atoms with Crippen molar-refractivity contribution in [2.75, 3.05) is 6.61 Å². The minimum absolute atomic E-state index is 0.00879. The van der Waals surface area contributed by atoms with E-state index in [-0.39, 0.29) is 22.9 Å². The molecule has 0 saturated heterocycles. The first-order valence-electron chi connectivity index (χ1n) is 5.35. The fraction of sp³-hybridized carbons (Fsp3) is 0.364. The molecule has 2 N–H and O–H groups in total. The van der Waals surface area contributed by atoms with Gasteiger partial charge >= 0.3 is 0 Å². The van der Waals surface area contributed by atoms with Crippen LogP contribution in [0.1, 0.15) is 23.7 Å². The number of nitrogens with zero attached hydrogens (tertiary/aromatic N) is 1. The molecular formula is C11H13ClN2O4. The van der Waals surface area contributed by atoms with Crippen LogP contribution in [0.4, 0.5) is 5.69 Å². The lowest BCUT2D eigenvalue weighted by Crippen LogP contribution is -2.37. The second-order valence-corrected chi connectivity index (χ2v) is 4.06. The zero-order valence-electron chi connectivity index (χ0n) is 9.72. The van der Waals surface area contributed by atoms with Gasteiger partial charge in [0, 0.05) is 6.07 Å². The molecule has 0 aliphatic rings. The number of carbonyl (C=O) groups excluding carboxylic acids is 1. The third-order valence-corrected chi connectivity index (χ3v) is 2.78. The van der Waals surface area contributed by atoms with Crippen molar-refractivity contribution in [2.24, 2.45) is 0 Å². The predicted molar refractivity (Wildman–Crippen MR) is 66.7 cm³/mol. The number of carbonyl (C=O) groups is 1. The number of halogens is 1. The standard InChI is InChI=1S/C11H13ClN2O4/c1-2-7(6-15)13-11(16)10-8(12)4-3-5-9(10)14(17)18/h3-5,7,15H,2,6H2,1H3,(H,13,16)/t7-/m0/s1. The summed E-state index contributed by atoms with van der Waals surface area (Å²) in [7, 11) is 0. The molecule has 0 spiro atoms. The lowest BCUT2D eigenvalue weighted by molar-refractivity contribution is -0.385. The maximum atomic E-state index is 11.9. The molecule has 0 bridgehead atoms. The van der Waals surface area contributed by atoms with E-state index >= 15 is 0 Å². The fourth-order valence-electron chi connectivity index (χ4n) is 1.42. The molecule has 0 saturated carbocycles. The van der Waals surface area contributed by atoms with Gasteiger partial charge in [-0.3, -0.25) is 14.9 Å². The first-order chi connectivity index (χ1) is 8.51. The van der Waals surface area contributed by atoms with Gasteiger partial charge in [-0.15, -0.1) is 0 Å². The van der Waals surface area contributed by atoms with E-state index in [0.717, 1.165) is 0 Å². The van der Waals surface area contributed by atoms with Crippen LogP contribution in [0, 0.1) is 10.1 Å². The molecule has 0 aromatic heterocycles. The van der Waals surface area contributed by atoms with E-state index in [2.05, 4.69) is 5.32 Å². The second-order valence-electron chi connectivity index (χ2n) is 3.65. The summed E-state index contributed by atoms with van der Waals surface area (Å²) in [5.74, 6) is -0.659. The molecule has 0 fully saturated rings. The van der Waals surface area contributed by atoms with E-state index in [1.807, 2.05) is 0 Å². The normalized spacial score (nSPS) is 11.9. The number of benzene rings is 1. The Morgan fingerprint density at radius 2 is 2.28 bits per heavy atom. The summed E-state index contributed by atoms with van der Waals surface area (Å²) in [6, 6.07) is 3.57. The summed E-state index contributed by atoms with van der Waals surface area (Å²) in [5.41, 5.74) is -0.538. The number of rotatable bonds is 5. The molecule has 1 aromatic rings. The van der Waals surface area contributed by atoms with Crippen molar-refractivity contribution < 1.29 is 14.8 Å². The molecule has 0 unspecified atom stereocenters. The number of hydrogen-bond donors (Lipinski definition) is 2.